The molecule has 0 aliphatic rings. The summed E-state index contributed by atoms with van der Waals surface area (Å²) in [5, 5.41) is 2.80. The van der Waals surface area contributed by atoms with Crippen LogP contribution >= 0.6 is 11.8 Å². The number of benzene rings is 1. The highest BCUT2D eigenvalue weighted by molar-refractivity contribution is 7.99. The Hall–Kier alpha value is -2.01. The van der Waals surface area contributed by atoms with Crippen LogP contribution in [0.1, 0.15) is 12.1 Å². The molecule has 0 radical (unpaired) electrons. The minimum absolute atomic E-state index is 0.0193. The lowest BCUT2D eigenvalue weighted by molar-refractivity contribution is -0.115. The number of pyridine rings is 1. The molecule has 0 spiro atoms. The lowest BCUT2D eigenvalue weighted by Crippen LogP contribution is -2.13. The van der Waals surface area contributed by atoms with Crippen LogP contribution in [0.3, 0.4) is 0 Å². The molecular weight excluding hydrogens is 284 g/mol. The number of hydrogen-bond donors (Lipinski definition) is 1. The normalized spacial score (nSPS) is 10.2. The van der Waals surface area contributed by atoms with E-state index >= 15 is 0 Å². The fourth-order valence-corrected chi connectivity index (χ4v) is 2.60. The van der Waals surface area contributed by atoms with Crippen LogP contribution in [-0.4, -0.2) is 23.8 Å². The Morgan fingerprint density at radius 1 is 1.24 bits per heavy atom. The number of carbonyl (C=O) groups is 1. The molecule has 2 aromatic rings. The molecule has 5 heteroatoms. The highest BCUT2D eigenvalue weighted by atomic mass is 32.2. The molecule has 110 valence electrons. The molecule has 1 N–H and O–H groups in total. The predicted molar refractivity (Wildman–Crippen MR) is 85.9 cm³/mol. The maximum Gasteiger partial charge on any atom is 0.226 e. The largest absolute Gasteiger partial charge is 0.497 e. The molecule has 2 rings (SSSR count). The number of amides is 1. The minimum atomic E-state index is -0.0193. The van der Waals surface area contributed by atoms with E-state index in [0.717, 1.165) is 22.1 Å². The summed E-state index contributed by atoms with van der Waals surface area (Å²) in [6, 6.07) is 13.4. The molecule has 0 unspecified atom stereocenters. The molecule has 1 heterocycles. The van der Waals surface area contributed by atoms with Gasteiger partial charge < -0.3 is 10.1 Å². The summed E-state index contributed by atoms with van der Waals surface area (Å²) in [6.07, 6.45) is 0.451. The van der Waals surface area contributed by atoms with Gasteiger partial charge in [0.25, 0.3) is 0 Å². The van der Waals surface area contributed by atoms with Gasteiger partial charge in [0.2, 0.25) is 5.91 Å². The highest BCUT2D eigenvalue weighted by Gasteiger charge is 2.04. The number of anilines is 1. The standard InChI is InChI=1S/C16H18N2O2S/c1-12-4-3-5-15(17-12)18-16(19)10-11-21-14-8-6-13(20-2)7-9-14/h3-9H,10-11H2,1-2H3,(H,17,18,19). The smallest absolute Gasteiger partial charge is 0.226 e. The number of carbonyl (C=O) groups excluding carboxylic acids is 1. The third-order valence-electron chi connectivity index (χ3n) is 2.81. The second kappa shape index (κ2) is 7.69. The van der Waals surface area contributed by atoms with Gasteiger partial charge >= 0.3 is 0 Å². The van der Waals surface area contributed by atoms with Gasteiger partial charge in [0, 0.05) is 22.8 Å². The SMILES string of the molecule is COc1ccc(SCCC(=O)Nc2cccc(C)n2)cc1. The van der Waals surface area contributed by atoms with Crippen LogP contribution < -0.4 is 10.1 Å². The van der Waals surface area contributed by atoms with Crippen LogP contribution in [0, 0.1) is 6.92 Å². The van der Waals surface area contributed by atoms with Gasteiger partial charge in [-0.3, -0.25) is 4.79 Å². The van der Waals surface area contributed by atoms with Crippen LogP contribution in [0.4, 0.5) is 5.82 Å². The van der Waals surface area contributed by atoms with Crippen LogP contribution in [0.5, 0.6) is 5.75 Å². The zero-order valence-electron chi connectivity index (χ0n) is 12.1. The molecule has 1 amide bonds. The van der Waals surface area contributed by atoms with Crippen molar-refractivity contribution in [1.82, 2.24) is 4.98 Å². The maximum atomic E-state index is 11.8. The Labute approximate surface area is 128 Å². The molecule has 0 atom stereocenters. The molecular formula is C16H18N2O2S. The number of nitrogens with zero attached hydrogens (tertiary/aromatic N) is 1. The van der Waals surface area contributed by atoms with E-state index in [0.29, 0.717) is 12.2 Å². The van der Waals surface area contributed by atoms with Crippen LogP contribution in [0.25, 0.3) is 0 Å². The summed E-state index contributed by atoms with van der Waals surface area (Å²) < 4.78 is 5.11. The van der Waals surface area contributed by atoms with Gasteiger partial charge in [0.05, 0.1) is 7.11 Å². The second-order valence-electron chi connectivity index (χ2n) is 4.49. The van der Waals surface area contributed by atoms with E-state index < -0.39 is 0 Å². The third-order valence-corrected chi connectivity index (χ3v) is 3.83. The number of aryl methyl sites for hydroxylation is 1. The fraction of sp³-hybridized carbons (Fsp3) is 0.250. The summed E-state index contributed by atoms with van der Waals surface area (Å²) in [5.74, 6) is 2.15. The molecule has 0 fully saturated rings. The molecule has 0 saturated carbocycles. The number of rotatable bonds is 6. The number of hydrogen-bond acceptors (Lipinski definition) is 4. The average Bonchev–Trinajstić information content (AvgIpc) is 2.48. The number of nitrogens with one attached hydrogen (secondary N) is 1. The second-order valence-corrected chi connectivity index (χ2v) is 5.65. The Morgan fingerprint density at radius 3 is 2.67 bits per heavy atom. The van der Waals surface area contributed by atoms with Crippen molar-refractivity contribution < 1.29 is 9.53 Å². The third kappa shape index (κ3) is 5.11. The Bertz CT molecular complexity index is 599. The van der Waals surface area contributed by atoms with Gasteiger partial charge in [-0.25, -0.2) is 4.98 Å². The Kier molecular flexibility index (Phi) is 5.63. The molecule has 1 aromatic heterocycles. The van der Waals surface area contributed by atoms with E-state index in [1.54, 1.807) is 24.9 Å². The Morgan fingerprint density at radius 2 is 2.00 bits per heavy atom. The predicted octanol–water partition coefficient (Wildman–Crippen LogP) is 3.52. The van der Waals surface area contributed by atoms with Crippen molar-refractivity contribution in [1.29, 1.82) is 0 Å². The van der Waals surface area contributed by atoms with Crippen molar-refractivity contribution in [2.45, 2.75) is 18.2 Å². The van der Waals surface area contributed by atoms with Gasteiger partial charge in [-0.05, 0) is 43.3 Å². The van der Waals surface area contributed by atoms with Gasteiger partial charge in [-0.1, -0.05) is 6.07 Å². The van der Waals surface area contributed by atoms with E-state index in [4.69, 9.17) is 4.74 Å². The van der Waals surface area contributed by atoms with Crippen LogP contribution in [-0.2, 0) is 4.79 Å². The van der Waals surface area contributed by atoms with Gasteiger partial charge in [0.1, 0.15) is 11.6 Å². The fourth-order valence-electron chi connectivity index (χ4n) is 1.75. The lowest BCUT2D eigenvalue weighted by Gasteiger charge is -2.05. The molecule has 0 aliphatic carbocycles. The highest BCUT2D eigenvalue weighted by Crippen LogP contribution is 2.21. The first-order valence-corrected chi connectivity index (χ1v) is 7.66. The molecule has 0 bridgehead atoms. The number of thioether (sulfide) groups is 1. The first-order chi connectivity index (χ1) is 10.2. The monoisotopic (exact) mass is 302 g/mol. The molecule has 0 aliphatic heterocycles. The quantitative estimate of drug-likeness (QED) is 0.830. The van der Waals surface area contributed by atoms with Crippen molar-refractivity contribution >= 4 is 23.5 Å². The lowest BCUT2D eigenvalue weighted by atomic mass is 10.3. The van der Waals surface area contributed by atoms with Crippen molar-refractivity contribution in [2.24, 2.45) is 0 Å². The van der Waals surface area contributed by atoms with E-state index in [2.05, 4.69) is 10.3 Å². The van der Waals surface area contributed by atoms with Crippen LogP contribution in [0.2, 0.25) is 0 Å². The molecule has 21 heavy (non-hydrogen) atoms. The topological polar surface area (TPSA) is 51.2 Å². The summed E-state index contributed by atoms with van der Waals surface area (Å²) in [5.41, 5.74) is 0.889. The zero-order valence-corrected chi connectivity index (χ0v) is 12.9. The van der Waals surface area contributed by atoms with Gasteiger partial charge in [0.15, 0.2) is 0 Å². The maximum absolute atomic E-state index is 11.8. The minimum Gasteiger partial charge on any atom is -0.497 e. The summed E-state index contributed by atoms with van der Waals surface area (Å²) in [7, 11) is 1.64. The number of methoxy groups -OCH3 is 1. The molecule has 1 aromatic carbocycles. The summed E-state index contributed by atoms with van der Waals surface area (Å²) in [6.45, 7) is 1.90. The summed E-state index contributed by atoms with van der Waals surface area (Å²) >= 11 is 1.64. The Balaban J connectivity index is 1.76. The van der Waals surface area contributed by atoms with Crippen LogP contribution in [0.15, 0.2) is 47.4 Å². The van der Waals surface area contributed by atoms with Crippen molar-refractivity contribution in [3.05, 3.63) is 48.2 Å². The summed E-state index contributed by atoms with van der Waals surface area (Å²) in [4.78, 5) is 17.2. The van der Waals surface area contributed by atoms with E-state index in [-0.39, 0.29) is 5.91 Å². The van der Waals surface area contributed by atoms with E-state index in [1.807, 2.05) is 43.3 Å². The first-order valence-electron chi connectivity index (χ1n) is 6.68. The number of ether oxygens (including phenoxy) is 1. The van der Waals surface area contributed by atoms with E-state index in [1.165, 1.54) is 0 Å². The first kappa shape index (κ1) is 15.4. The van der Waals surface area contributed by atoms with Gasteiger partial charge in [-0.15, -0.1) is 11.8 Å². The van der Waals surface area contributed by atoms with Crippen molar-refractivity contribution in [3.8, 4) is 5.75 Å². The average molecular weight is 302 g/mol. The van der Waals surface area contributed by atoms with Gasteiger partial charge in [-0.2, -0.15) is 0 Å². The number of aromatic nitrogens is 1. The zero-order chi connectivity index (χ0) is 15.1. The van der Waals surface area contributed by atoms with Crippen molar-refractivity contribution in [3.63, 3.8) is 0 Å². The van der Waals surface area contributed by atoms with E-state index in [9.17, 15) is 4.79 Å². The molecule has 0 saturated heterocycles. The van der Waals surface area contributed by atoms with Crippen molar-refractivity contribution in [2.75, 3.05) is 18.2 Å². The molecule has 4 nitrogen and oxygen atoms in total.